The fourth-order valence-electron chi connectivity index (χ4n) is 3.10. The van der Waals surface area contributed by atoms with Crippen molar-refractivity contribution in [2.24, 2.45) is 5.92 Å². The zero-order valence-corrected chi connectivity index (χ0v) is 13.7. The van der Waals surface area contributed by atoms with E-state index in [1.165, 1.54) is 5.69 Å². The highest BCUT2D eigenvalue weighted by Gasteiger charge is 2.24. The van der Waals surface area contributed by atoms with E-state index in [0.717, 1.165) is 49.0 Å². The van der Waals surface area contributed by atoms with Crippen molar-refractivity contribution >= 4 is 23.2 Å². The summed E-state index contributed by atoms with van der Waals surface area (Å²) >= 11 is 6.11. The van der Waals surface area contributed by atoms with E-state index < -0.39 is 0 Å². The van der Waals surface area contributed by atoms with Gasteiger partial charge in [-0.15, -0.1) is 0 Å². The molecule has 1 aliphatic rings. The highest BCUT2D eigenvalue weighted by Crippen LogP contribution is 2.22. The zero-order valence-electron chi connectivity index (χ0n) is 13.0. The smallest absolute Gasteiger partial charge is 0.216 e. The fourth-order valence-corrected chi connectivity index (χ4v) is 3.26. The molecule has 1 amide bonds. The Kier molecular flexibility index (Phi) is 4.36. The van der Waals surface area contributed by atoms with Crippen molar-refractivity contribution < 1.29 is 4.79 Å². The number of nitrogens with one attached hydrogen (secondary N) is 1. The molecule has 0 radical (unpaired) electrons. The van der Waals surface area contributed by atoms with Crippen molar-refractivity contribution in [3.8, 4) is 0 Å². The molecule has 1 fully saturated rings. The van der Waals surface area contributed by atoms with Crippen LogP contribution < -0.4 is 5.32 Å². The number of rotatable bonds is 4. The third kappa shape index (κ3) is 3.25. The van der Waals surface area contributed by atoms with E-state index in [9.17, 15) is 4.79 Å². The van der Waals surface area contributed by atoms with E-state index in [2.05, 4.69) is 19.6 Å². The number of imidazole rings is 1. The molecule has 0 saturated carbocycles. The normalized spacial score (nSPS) is 19.0. The van der Waals surface area contributed by atoms with Crippen LogP contribution in [-0.2, 0) is 11.3 Å². The van der Waals surface area contributed by atoms with E-state index in [-0.39, 0.29) is 5.91 Å². The van der Waals surface area contributed by atoms with Gasteiger partial charge in [-0.25, -0.2) is 4.98 Å². The number of amides is 1. The van der Waals surface area contributed by atoms with Crippen LogP contribution in [0.3, 0.4) is 0 Å². The molecule has 2 aromatic heterocycles. The average molecular weight is 321 g/mol. The lowest BCUT2D eigenvalue weighted by Crippen LogP contribution is -2.29. The Bertz CT molecular complexity index is 697. The highest BCUT2D eigenvalue weighted by molar-refractivity contribution is 6.30. The van der Waals surface area contributed by atoms with Gasteiger partial charge in [-0.3, -0.25) is 9.69 Å². The van der Waals surface area contributed by atoms with E-state index in [0.29, 0.717) is 5.92 Å². The summed E-state index contributed by atoms with van der Waals surface area (Å²) in [4.78, 5) is 18.0. The number of aryl methyl sites for hydroxylation is 1. The number of likely N-dealkylation sites (tertiary alicyclic amines) is 1. The first-order valence-corrected chi connectivity index (χ1v) is 8.00. The van der Waals surface area contributed by atoms with Gasteiger partial charge < -0.3 is 9.72 Å². The van der Waals surface area contributed by atoms with Crippen LogP contribution in [0.25, 0.3) is 5.65 Å². The summed E-state index contributed by atoms with van der Waals surface area (Å²) in [5, 5.41) is 3.63. The van der Waals surface area contributed by atoms with Crippen molar-refractivity contribution in [2.75, 3.05) is 19.6 Å². The Morgan fingerprint density at radius 2 is 2.32 bits per heavy atom. The molecule has 1 aliphatic heterocycles. The Morgan fingerprint density at radius 3 is 3.09 bits per heavy atom. The van der Waals surface area contributed by atoms with Gasteiger partial charge in [0.15, 0.2) is 0 Å². The molecule has 2 aromatic rings. The maximum Gasteiger partial charge on any atom is 0.216 e. The number of aromatic nitrogens is 2. The lowest BCUT2D eigenvalue weighted by atomic mass is 10.1. The van der Waals surface area contributed by atoms with Crippen LogP contribution in [0.2, 0.25) is 5.02 Å². The van der Waals surface area contributed by atoms with E-state index in [4.69, 9.17) is 11.6 Å². The van der Waals surface area contributed by atoms with Crippen LogP contribution >= 0.6 is 11.6 Å². The van der Waals surface area contributed by atoms with Gasteiger partial charge in [-0.1, -0.05) is 11.6 Å². The van der Waals surface area contributed by atoms with Crippen LogP contribution in [0.4, 0.5) is 0 Å². The minimum absolute atomic E-state index is 0.0470. The van der Waals surface area contributed by atoms with Gasteiger partial charge >= 0.3 is 0 Å². The highest BCUT2D eigenvalue weighted by atomic mass is 35.5. The standard InChI is InChI=1S/C16H21ClN4O/c1-11-15(21-9-14(17)3-4-16(21)19-11)10-20-6-5-13(8-20)7-18-12(2)22/h3-4,9,13H,5-8,10H2,1-2H3,(H,18,22)/t13-/m0/s1. The molecule has 0 unspecified atom stereocenters. The maximum atomic E-state index is 11.0. The summed E-state index contributed by atoms with van der Waals surface area (Å²) in [6.45, 7) is 7.30. The lowest BCUT2D eigenvalue weighted by Gasteiger charge is -2.16. The monoisotopic (exact) mass is 320 g/mol. The topological polar surface area (TPSA) is 49.6 Å². The summed E-state index contributed by atoms with van der Waals surface area (Å²) in [6.07, 6.45) is 3.05. The number of carbonyl (C=O) groups excluding carboxylic acids is 1. The molecule has 0 bridgehead atoms. The summed E-state index contributed by atoms with van der Waals surface area (Å²) in [7, 11) is 0. The molecule has 5 nitrogen and oxygen atoms in total. The third-order valence-corrected chi connectivity index (χ3v) is 4.49. The molecule has 0 aromatic carbocycles. The molecular weight excluding hydrogens is 300 g/mol. The SMILES string of the molecule is CC(=O)NC[C@@H]1CCN(Cc2c(C)nc3ccc(Cl)cn23)C1. The first kappa shape index (κ1) is 15.3. The molecule has 3 heterocycles. The second-order valence-electron chi connectivity index (χ2n) is 6.05. The van der Waals surface area contributed by atoms with Crippen LogP contribution in [0.15, 0.2) is 18.3 Å². The second kappa shape index (κ2) is 6.26. The number of fused-ring (bicyclic) bond motifs is 1. The largest absolute Gasteiger partial charge is 0.356 e. The molecule has 0 aliphatic carbocycles. The summed E-state index contributed by atoms with van der Waals surface area (Å²) < 4.78 is 2.08. The van der Waals surface area contributed by atoms with Crippen LogP contribution in [-0.4, -0.2) is 39.8 Å². The summed E-state index contributed by atoms with van der Waals surface area (Å²) in [5.41, 5.74) is 3.18. The van der Waals surface area contributed by atoms with Gasteiger partial charge in [-0.05, 0) is 37.9 Å². The van der Waals surface area contributed by atoms with Gasteiger partial charge in [0.05, 0.1) is 16.4 Å². The van der Waals surface area contributed by atoms with Gasteiger partial charge in [0.1, 0.15) is 5.65 Å². The average Bonchev–Trinajstić information content (AvgIpc) is 3.03. The fraction of sp³-hybridized carbons (Fsp3) is 0.500. The predicted molar refractivity (Wildman–Crippen MR) is 87.0 cm³/mol. The van der Waals surface area contributed by atoms with Gasteiger partial charge in [0.25, 0.3) is 0 Å². The molecule has 1 saturated heterocycles. The first-order chi connectivity index (χ1) is 10.5. The van der Waals surface area contributed by atoms with Crippen molar-refractivity contribution in [1.29, 1.82) is 0 Å². The molecule has 22 heavy (non-hydrogen) atoms. The number of nitrogens with zero attached hydrogens (tertiary/aromatic N) is 3. The number of hydrogen-bond acceptors (Lipinski definition) is 3. The van der Waals surface area contributed by atoms with Crippen molar-refractivity contribution in [2.45, 2.75) is 26.8 Å². The molecule has 1 atom stereocenters. The van der Waals surface area contributed by atoms with Gasteiger partial charge in [0, 0.05) is 32.8 Å². The third-order valence-electron chi connectivity index (χ3n) is 4.26. The van der Waals surface area contributed by atoms with E-state index >= 15 is 0 Å². The number of hydrogen-bond donors (Lipinski definition) is 1. The predicted octanol–water partition coefficient (Wildman–Crippen LogP) is 2.25. The van der Waals surface area contributed by atoms with E-state index in [1.807, 2.05) is 25.3 Å². The van der Waals surface area contributed by atoms with Crippen LogP contribution in [0.5, 0.6) is 0 Å². The van der Waals surface area contributed by atoms with Crippen LogP contribution in [0.1, 0.15) is 24.7 Å². The second-order valence-corrected chi connectivity index (χ2v) is 6.48. The van der Waals surface area contributed by atoms with Crippen molar-refractivity contribution in [1.82, 2.24) is 19.6 Å². The van der Waals surface area contributed by atoms with Gasteiger partial charge in [-0.2, -0.15) is 0 Å². The Morgan fingerprint density at radius 1 is 1.50 bits per heavy atom. The summed E-state index contributed by atoms with van der Waals surface area (Å²) in [5.74, 6) is 0.581. The number of pyridine rings is 1. The molecule has 6 heteroatoms. The Labute approximate surface area is 135 Å². The Hall–Kier alpha value is -1.59. The number of carbonyl (C=O) groups is 1. The molecule has 3 rings (SSSR count). The molecule has 0 spiro atoms. The Balaban J connectivity index is 1.70. The quantitative estimate of drug-likeness (QED) is 0.940. The lowest BCUT2D eigenvalue weighted by molar-refractivity contribution is -0.119. The zero-order chi connectivity index (χ0) is 15.7. The molecule has 1 N–H and O–H groups in total. The minimum Gasteiger partial charge on any atom is -0.356 e. The molecule has 118 valence electrons. The van der Waals surface area contributed by atoms with Crippen molar-refractivity contribution in [3.63, 3.8) is 0 Å². The maximum absolute atomic E-state index is 11.0. The minimum atomic E-state index is 0.0470. The van der Waals surface area contributed by atoms with Crippen molar-refractivity contribution in [3.05, 3.63) is 34.7 Å². The van der Waals surface area contributed by atoms with Gasteiger partial charge in [0.2, 0.25) is 5.91 Å². The molecular formula is C16H21ClN4O. The van der Waals surface area contributed by atoms with Crippen LogP contribution in [0, 0.1) is 12.8 Å². The van der Waals surface area contributed by atoms with E-state index in [1.54, 1.807) is 6.92 Å². The number of halogens is 1. The summed E-state index contributed by atoms with van der Waals surface area (Å²) in [6, 6.07) is 3.81. The first-order valence-electron chi connectivity index (χ1n) is 7.63.